The summed E-state index contributed by atoms with van der Waals surface area (Å²) in [6.45, 7) is 1.60. The van der Waals surface area contributed by atoms with Crippen LogP contribution in [0.1, 0.15) is 31.2 Å². The minimum atomic E-state index is -1.21. The topological polar surface area (TPSA) is 92.7 Å². The number of benzene rings is 1. The first-order chi connectivity index (χ1) is 10.5. The summed E-state index contributed by atoms with van der Waals surface area (Å²) in [6, 6.07) is 9.14. The van der Waals surface area contributed by atoms with Crippen LogP contribution in [0.5, 0.6) is 0 Å². The van der Waals surface area contributed by atoms with Crippen molar-refractivity contribution >= 4 is 34.7 Å². The molecule has 2 N–H and O–H groups in total. The van der Waals surface area contributed by atoms with E-state index in [1.165, 1.54) is 6.92 Å². The van der Waals surface area contributed by atoms with Crippen LogP contribution in [0.15, 0.2) is 30.3 Å². The maximum Gasteiger partial charge on any atom is 0.349 e. The summed E-state index contributed by atoms with van der Waals surface area (Å²) in [6.07, 6.45) is 0.372. The lowest BCUT2D eigenvalue weighted by atomic mass is 10.1. The molecule has 0 unspecified atom stereocenters. The number of rotatable bonds is 6. The summed E-state index contributed by atoms with van der Waals surface area (Å²) >= 11 is 0.885. The first-order valence-electron chi connectivity index (χ1n) is 6.32. The Bertz CT molecular complexity index is 708. The maximum absolute atomic E-state index is 12.1. The highest BCUT2D eigenvalue weighted by Crippen LogP contribution is 2.33. The predicted molar refractivity (Wildman–Crippen MR) is 81.3 cm³/mol. The molecule has 0 fully saturated rings. The first kappa shape index (κ1) is 15.7. The second-order valence-electron chi connectivity index (χ2n) is 4.39. The van der Waals surface area contributed by atoms with Crippen molar-refractivity contribution in [1.82, 2.24) is 0 Å². The minimum absolute atomic E-state index is 0.0931. The number of carboxylic acid groups (broad SMARTS) is 1. The van der Waals surface area contributed by atoms with Gasteiger partial charge in [-0.2, -0.15) is 0 Å². The SMILES string of the molecule is Cc1c(C(=O)OCc2ccccc2)sc(NC=O)c1C(=O)O. The Labute approximate surface area is 130 Å². The van der Waals surface area contributed by atoms with Crippen LogP contribution >= 0.6 is 11.3 Å². The van der Waals surface area contributed by atoms with E-state index in [0.29, 0.717) is 6.41 Å². The number of aromatic carboxylic acids is 1. The molecule has 7 heteroatoms. The molecule has 114 valence electrons. The highest BCUT2D eigenvalue weighted by Gasteiger charge is 2.25. The van der Waals surface area contributed by atoms with Crippen LogP contribution in [-0.4, -0.2) is 23.5 Å². The molecule has 0 radical (unpaired) electrons. The lowest BCUT2D eigenvalue weighted by Crippen LogP contribution is -2.06. The van der Waals surface area contributed by atoms with E-state index in [4.69, 9.17) is 4.74 Å². The second kappa shape index (κ2) is 6.86. The van der Waals surface area contributed by atoms with Gasteiger partial charge in [0.05, 0.1) is 5.56 Å². The summed E-state index contributed by atoms with van der Waals surface area (Å²) < 4.78 is 5.18. The monoisotopic (exact) mass is 319 g/mol. The fourth-order valence-corrected chi connectivity index (χ4v) is 2.96. The second-order valence-corrected chi connectivity index (χ2v) is 5.41. The number of carbonyl (C=O) groups excluding carboxylic acids is 2. The normalized spacial score (nSPS) is 10.0. The van der Waals surface area contributed by atoms with Crippen LogP contribution < -0.4 is 5.32 Å². The molecule has 0 saturated carbocycles. The van der Waals surface area contributed by atoms with Crippen molar-refractivity contribution in [3.8, 4) is 0 Å². The van der Waals surface area contributed by atoms with E-state index in [1.807, 2.05) is 30.3 Å². The molecule has 2 rings (SSSR count). The molecule has 22 heavy (non-hydrogen) atoms. The Morgan fingerprint density at radius 1 is 1.32 bits per heavy atom. The van der Waals surface area contributed by atoms with Gasteiger partial charge in [0.15, 0.2) is 0 Å². The molecular formula is C15H13NO5S. The maximum atomic E-state index is 12.1. The van der Waals surface area contributed by atoms with Gasteiger partial charge in [-0.15, -0.1) is 11.3 Å². The number of hydrogen-bond acceptors (Lipinski definition) is 5. The standard InChI is InChI=1S/C15H13NO5S/c1-9-11(14(18)19)13(16-8-17)22-12(9)15(20)21-7-10-5-3-2-4-6-10/h2-6,8H,7H2,1H3,(H,16,17)(H,18,19). The van der Waals surface area contributed by atoms with E-state index in [9.17, 15) is 19.5 Å². The highest BCUT2D eigenvalue weighted by molar-refractivity contribution is 7.18. The molecular weight excluding hydrogens is 306 g/mol. The van der Waals surface area contributed by atoms with Crippen LogP contribution in [0.4, 0.5) is 5.00 Å². The Morgan fingerprint density at radius 2 is 2.00 bits per heavy atom. The van der Waals surface area contributed by atoms with E-state index < -0.39 is 11.9 Å². The molecule has 0 bridgehead atoms. The lowest BCUT2D eigenvalue weighted by molar-refractivity contribution is -0.105. The number of anilines is 1. The largest absolute Gasteiger partial charge is 0.478 e. The van der Waals surface area contributed by atoms with E-state index in [-0.39, 0.29) is 27.6 Å². The fourth-order valence-electron chi connectivity index (χ4n) is 1.91. The van der Waals surface area contributed by atoms with Gasteiger partial charge in [-0.05, 0) is 18.1 Å². The number of amides is 1. The lowest BCUT2D eigenvalue weighted by Gasteiger charge is -2.04. The summed E-state index contributed by atoms with van der Waals surface area (Å²) in [5, 5.41) is 11.6. The zero-order chi connectivity index (χ0) is 16.1. The third kappa shape index (κ3) is 3.32. The van der Waals surface area contributed by atoms with Crippen LogP contribution in [0, 0.1) is 6.92 Å². The molecule has 1 aromatic carbocycles. The van der Waals surface area contributed by atoms with Gasteiger partial charge in [0.25, 0.3) is 0 Å². The van der Waals surface area contributed by atoms with Gasteiger partial charge in [0, 0.05) is 0 Å². The summed E-state index contributed by atoms with van der Waals surface area (Å²) in [5.41, 5.74) is 1.01. The number of thiophene rings is 1. The van der Waals surface area contributed by atoms with Crippen molar-refractivity contribution < 1.29 is 24.2 Å². The van der Waals surface area contributed by atoms with Crippen LogP contribution in [0.3, 0.4) is 0 Å². The Balaban J connectivity index is 2.20. The first-order valence-corrected chi connectivity index (χ1v) is 7.14. The molecule has 0 aliphatic rings. The fraction of sp³-hybridized carbons (Fsp3) is 0.133. The number of hydrogen-bond donors (Lipinski definition) is 2. The van der Waals surface area contributed by atoms with Crippen molar-refractivity contribution in [2.45, 2.75) is 13.5 Å². The van der Waals surface area contributed by atoms with E-state index in [0.717, 1.165) is 16.9 Å². The van der Waals surface area contributed by atoms with Gasteiger partial charge < -0.3 is 15.2 Å². The van der Waals surface area contributed by atoms with Gasteiger partial charge in [-0.1, -0.05) is 30.3 Å². The van der Waals surface area contributed by atoms with Crippen molar-refractivity contribution in [2.24, 2.45) is 0 Å². The number of carboxylic acids is 1. The molecule has 1 aromatic heterocycles. The van der Waals surface area contributed by atoms with Crippen molar-refractivity contribution in [3.63, 3.8) is 0 Å². The smallest absolute Gasteiger partial charge is 0.349 e. The number of carbonyl (C=O) groups is 3. The van der Waals surface area contributed by atoms with E-state index in [1.54, 1.807) is 0 Å². The average Bonchev–Trinajstić information content (AvgIpc) is 2.83. The zero-order valence-electron chi connectivity index (χ0n) is 11.7. The van der Waals surface area contributed by atoms with E-state index >= 15 is 0 Å². The van der Waals surface area contributed by atoms with Crippen molar-refractivity contribution in [3.05, 3.63) is 51.9 Å². The van der Waals surface area contributed by atoms with Crippen LogP contribution in [0.25, 0.3) is 0 Å². The highest BCUT2D eigenvalue weighted by atomic mass is 32.1. The Hall–Kier alpha value is -2.67. The van der Waals surface area contributed by atoms with Crippen molar-refractivity contribution in [1.29, 1.82) is 0 Å². The molecule has 0 saturated heterocycles. The van der Waals surface area contributed by atoms with Gasteiger partial charge in [-0.25, -0.2) is 9.59 Å². The summed E-state index contributed by atoms with van der Waals surface area (Å²) in [7, 11) is 0. The van der Waals surface area contributed by atoms with Gasteiger partial charge in [0.2, 0.25) is 6.41 Å². The molecule has 2 aromatic rings. The molecule has 1 heterocycles. The predicted octanol–water partition coefficient (Wildman–Crippen LogP) is 2.68. The zero-order valence-corrected chi connectivity index (χ0v) is 12.5. The molecule has 0 aliphatic carbocycles. The minimum Gasteiger partial charge on any atom is -0.478 e. The molecule has 6 nitrogen and oxygen atoms in total. The Morgan fingerprint density at radius 3 is 2.59 bits per heavy atom. The molecule has 0 atom stereocenters. The average molecular weight is 319 g/mol. The summed E-state index contributed by atoms with van der Waals surface area (Å²) in [4.78, 5) is 34.0. The molecule has 0 aliphatic heterocycles. The van der Waals surface area contributed by atoms with Crippen LogP contribution in [0.2, 0.25) is 0 Å². The van der Waals surface area contributed by atoms with Gasteiger partial charge in [0.1, 0.15) is 16.5 Å². The van der Waals surface area contributed by atoms with E-state index in [2.05, 4.69) is 5.32 Å². The third-order valence-corrected chi connectivity index (χ3v) is 4.15. The van der Waals surface area contributed by atoms with Crippen LogP contribution in [-0.2, 0) is 16.1 Å². The quantitative estimate of drug-likeness (QED) is 0.631. The third-order valence-electron chi connectivity index (χ3n) is 2.95. The number of esters is 1. The molecule has 0 spiro atoms. The van der Waals surface area contributed by atoms with Gasteiger partial charge >= 0.3 is 11.9 Å². The van der Waals surface area contributed by atoms with Crippen molar-refractivity contribution in [2.75, 3.05) is 5.32 Å². The summed E-state index contributed by atoms with van der Waals surface area (Å²) in [5.74, 6) is -1.83. The Kier molecular flexibility index (Phi) is 4.90. The number of ether oxygens (including phenoxy) is 1. The van der Waals surface area contributed by atoms with Gasteiger partial charge in [-0.3, -0.25) is 4.79 Å². The molecule has 1 amide bonds. The number of nitrogens with one attached hydrogen (secondary N) is 1.